The lowest BCUT2D eigenvalue weighted by atomic mass is 9.96. The molecule has 0 unspecified atom stereocenters. The van der Waals surface area contributed by atoms with E-state index in [1.165, 1.54) is 24.3 Å². The van der Waals surface area contributed by atoms with Crippen molar-refractivity contribution in [2.75, 3.05) is 6.54 Å². The fraction of sp³-hybridized carbons (Fsp3) is 0.222. The molecule has 0 aromatic heterocycles. The zero-order valence-corrected chi connectivity index (χ0v) is 14.9. The lowest BCUT2D eigenvalue weighted by Crippen LogP contribution is -2.44. The molecule has 2 aromatic carbocycles. The van der Waals surface area contributed by atoms with Crippen molar-refractivity contribution in [1.82, 2.24) is 16.0 Å². The van der Waals surface area contributed by atoms with Gasteiger partial charge in [-0.15, -0.1) is 0 Å². The van der Waals surface area contributed by atoms with Crippen molar-refractivity contribution >= 4 is 23.5 Å². The fourth-order valence-corrected chi connectivity index (χ4v) is 2.94. The average molecular weight is 416 g/mol. The van der Waals surface area contributed by atoms with E-state index in [4.69, 9.17) is 11.6 Å². The summed E-state index contributed by atoms with van der Waals surface area (Å²) in [5.74, 6) is -2.01. The highest BCUT2D eigenvalue weighted by Crippen LogP contribution is 2.34. The minimum absolute atomic E-state index is 0.0293. The maximum atomic E-state index is 13.7. The van der Waals surface area contributed by atoms with Crippen LogP contribution < -0.4 is 16.0 Å². The van der Waals surface area contributed by atoms with E-state index < -0.39 is 41.6 Å². The average Bonchev–Trinajstić information content (AvgIpc) is 3.07. The third kappa shape index (κ3) is 4.36. The molecule has 0 radical (unpaired) electrons. The summed E-state index contributed by atoms with van der Waals surface area (Å²) in [6, 6.07) is 6.21. The molecular weight excluding hydrogens is 402 g/mol. The minimum Gasteiger partial charge on any atom is -0.343 e. The van der Waals surface area contributed by atoms with Gasteiger partial charge in [0.1, 0.15) is 11.9 Å². The summed E-state index contributed by atoms with van der Waals surface area (Å²) in [5.41, 5.74) is -0.967. The monoisotopic (exact) mass is 415 g/mol. The molecule has 2 aromatic rings. The maximum Gasteiger partial charge on any atom is 0.419 e. The highest BCUT2D eigenvalue weighted by molar-refractivity contribution is 6.30. The molecule has 0 bridgehead atoms. The first kappa shape index (κ1) is 19.9. The first-order valence-electron chi connectivity index (χ1n) is 8.12. The van der Waals surface area contributed by atoms with Crippen LogP contribution in [0.3, 0.4) is 0 Å². The van der Waals surface area contributed by atoms with Crippen LogP contribution in [-0.2, 0) is 11.0 Å². The summed E-state index contributed by atoms with van der Waals surface area (Å²) in [7, 11) is 0. The van der Waals surface area contributed by atoms with E-state index >= 15 is 0 Å². The molecule has 1 fully saturated rings. The number of alkyl halides is 3. The van der Waals surface area contributed by atoms with Crippen LogP contribution in [0.25, 0.3) is 0 Å². The van der Waals surface area contributed by atoms with Crippen LogP contribution in [0.1, 0.15) is 22.7 Å². The van der Waals surface area contributed by atoms with Gasteiger partial charge >= 0.3 is 12.2 Å². The van der Waals surface area contributed by atoms with Crippen molar-refractivity contribution in [3.8, 4) is 0 Å². The molecule has 0 spiro atoms. The summed E-state index contributed by atoms with van der Waals surface area (Å²) in [4.78, 5) is 23.7. The van der Waals surface area contributed by atoms with E-state index in [1.807, 2.05) is 0 Å². The van der Waals surface area contributed by atoms with Gasteiger partial charge in [0, 0.05) is 11.6 Å². The quantitative estimate of drug-likeness (QED) is 0.670. The SMILES string of the molecule is O=C1NC[C@@H](C(=O)N[C@H](c2ccc(Cl)cc2)c2ccc(F)c(C(F)(F)F)c2)N1. The number of carbonyl (C=O) groups excluding carboxylic acids is 2. The Balaban J connectivity index is 1.98. The first-order valence-corrected chi connectivity index (χ1v) is 8.50. The molecule has 1 saturated heterocycles. The first-order chi connectivity index (χ1) is 13.1. The number of halogens is 5. The summed E-state index contributed by atoms with van der Waals surface area (Å²) >= 11 is 5.85. The van der Waals surface area contributed by atoms with Crippen LogP contribution in [0.15, 0.2) is 42.5 Å². The van der Waals surface area contributed by atoms with Crippen LogP contribution in [0.2, 0.25) is 5.02 Å². The van der Waals surface area contributed by atoms with Gasteiger partial charge in [-0.05, 0) is 35.4 Å². The van der Waals surface area contributed by atoms with Gasteiger partial charge in [-0.25, -0.2) is 9.18 Å². The number of hydrogen-bond donors (Lipinski definition) is 3. The Hall–Kier alpha value is -2.81. The van der Waals surface area contributed by atoms with Crippen molar-refractivity contribution in [2.24, 2.45) is 0 Å². The smallest absolute Gasteiger partial charge is 0.343 e. The molecule has 5 nitrogen and oxygen atoms in total. The van der Waals surface area contributed by atoms with Crippen LogP contribution in [0.4, 0.5) is 22.4 Å². The normalized spacial score (nSPS) is 17.6. The van der Waals surface area contributed by atoms with Crippen LogP contribution in [0, 0.1) is 5.82 Å². The van der Waals surface area contributed by atoms with Gasteiger partial charge in [0.15, 0.2) is 0 Å². The maximum absolute atomic E-state index is 13.7. The Labute approximate surface area is 162 Å². The van der Waals surface area contributed by atoms with Gasteiger partial charge in [0.05, 0.1) is 11.6 Å². The lowest BCUT2D eigenvalue weighted by molar-refractivity contribution is -0.140. The third-order valence-electron chi connectivity index (χ3n) is 4.21. The van der Waals surface area contributed by atoms with Crippen molar-refractivity contribution in [3.05, 3.63) is 70.0 Å². The van der Waals surface area contributed by atoms with E-state index in [2.05, 4.69) is 16.0 Å². The largest absolute Gasteiger partial charge is 0.419 e. The Morgan fingerprint density at radius 1 is 1.14 bits per heavy atom. The molecule has 148 valence electrons. The molecule has 0 aliphatic carbocycles. The molecule has 10 heteroatoms. The summed E-state index contributed by atoms with van der Waals surface area (Å²) < 4.78 is 52.9. The second-order valence-electron chi connectivity index (χ2n) is 6.14. The Morgan fingerprint density at radius 3 is 2.36 bits per heavy atom. The van der Waals surface area contributed by atoms with E-state index in [0.29, 0.717) is 22.7 Å². The zero-order valence-electron chi connectivity index (χ0n) is 14.1. The van der Waals surface area contributed by atoms with Crippen molar-refractivity contribution in [1.29, 1.82) is 0 Å². The number of hydrogen-bond acceptors (Lipinski definition) is 2. The molecule has 2 atom stereocenters. The lowest BCUT2D eigenvalue weighted by Gasteiger charge is -2.23. The third-order valence-corrected chi connectivity index (χ3v) is 4.46. The second-order valence-corrected chi connectivity index (χ2v) is 6.57. The van der Waals surface area contributed by atoms with Gasteiger partial charge in [-0.2, -0.15) is 13.2 Å². The van der Waals surface area contributed by atoms with Crippen molar-refractivity contribution in [2.45, 2.75) is 18.3 Å². The number of benzene rings is 2. The van der Waals surface area contributed by atoms with Crippen LogP contribution in [0.5, 0.6) is 0 Å². The van der Waals surface area contributed by atoms with Gasteiger partial charge < -0.3 is 16.0 Å². The van der Waals surface area contributed by atoms with Crippen LogP contribution >= 0.6 is 11.6 Å². The van der Waals surface area contributed by atoms with Crippen molar-refractivity contribution < 1.29 is 27.2 Å². The summed E-state index contributed by atoms with van der Waals surface area (Å²) in [6.45, 7) is 0.0369. The van der Waals surface area contributed by atoms with E-state index in [0.717, 1.165) is 6.07 Å². The van der Waals surface area contributed by atoms with E-state index in [9.17, 15) is 27.2 Å². The van der Waals surface area contributed by atoms with Crippen LogP contribution in [-0.4, -0.2) is 24.5 Å². The Kier molecular flexibility index (Phi) is 5.46. The van der Waals surface area contributed by atoms with E-state index in [-0.39, 0.29) is 12.1 Å². The van der Waals surface area contributed by atoms with Gasteiger partial charge in [0.25, 0.3) is 0 Å². The van der Waals surface area contributed by atoms with Gasteiger partial charge in [-0.1, -0.05) is 29.8 Å². The van der Waals surface area contributed by atoms with Crippen molar-refractivity contribution in [3.63, 3.8) is 0 Å². The second kappa shape index (κ2) is 7.67. The number of urea groups is 1. The molecule has 3 rings (SSSR count). The molecule has 28 heavy (non-hydrogen) atoms. The molecule has 1 aliphatic rings. The predicted molar refractivity (Wildman–Crippen MR) is 93.2 cm³/mol. The zero-order chi connectivity index (χ0) is 20.5. The molecule has 1 aliphatic heterocycles. The molecule has 0 saturated carbocycles. The number of carbonyl (C=O) groups is 2. The fourth-order valence-electron chi connectivity index (χ4n) is 2.81. The summed E-state index contributed by atoms with van der Waals surface area (Å²) in [5, 5.41) is 7.82. The molecule has 3 N–H and O–H groups in total. The molecule has 1 heterocycles. The predicted octanol–water partition coefficient (Wildman–Crippen LogP) is 3.38. The Morgan fingerprint density at radius 2 is 1.79 bits per heavy atom. The minimum atomic E-state index is -4.89. The topological polar surface area (TPSA) is 70.2 Å². The Bertz CT molecular complexity index is 903. The highest BCUT2D eigenvalue weighted by Gasteiger charge is 2.35. The molecular formula is C18H14ClF4N3O2. The van der Waals surface area contributed by atoms with Gasteiger partial charge in [-0.3, -0.25) is 4.79 Å². The standard InChI is InChI=1S/C18H14ClF4N3O2/c19-11-4-1-9(2-5-11)15(26-16(27)14-8-24-17(28)25-14)10-3-6-13(20)12(7-10)18(21,22)23/h1-7,14-15H,8H2,(H,26,27)(H2,24,25,28)/t14-,15+/m0/s1. The van der Waals surface area contributed by atoms with E-state index in [1.54, 1.807) is 0 Å². The number of amides is 3. The number of nitrogens with one attached hydrogen (secondary N) is 3. The molecule has 3 amide bonds. The summed E-state index contributed by atoms with van der Waals surface area (Å²) in [6.07, 6.45) is -4.89. The highest BCUT2D eigenvalue weighted by atomic mass is 35.5. The number of rotatable bonds is 4. The van der Waals surface area contributed by atoms with Gasteiger partial charge in [0.2, 0.25) is 5.91 Å².